The summed E-state index contributed by atoms with van der Waals surface area (Å²) in [5.41, 5.74) is 0.582. The maximum Gasteiger partial charge on any atom is 0.171 e. The normalized spacial score (nSPS) is 32.7. The Bertz CT molecular complexity index is 250. The summed E-state index contributed by atoms with van der Waals surface area (Å²) in [6.07, 6.45) is 3.68. The fraction of sp³-hybridized carbons (Fsp3) is 1.00. The van der Waals surface area contributed by atoms with Gasteiger partial charge in [0.1, 0.15) is 5.54 Å². The number of azo groups is 2. The smallest absolute Gasteiger partial charge is 0.129 e. The molecule has 1 aliphatic rings. The Morgan fingerprint density at radius 3 is 2.47 bits per heavy atom. The van der Waals surface area contributed by atoms with Crippen LogP contribution in [-0.2, 0) is 0 Å². The van der Waals surface area contributed by atoms with Gasteiger partial charge in [-0.2, -0.15) is 0 Å². The van der Waals surface area contributed by atoms with E-state index < -0.39 is 0 Å². The lowest BCUT2D eigenvalue weighted by Crippen LogP contribution is -2.41. The SMILES string of the molecule is CCCC1(C)CC(C(C)(C)C)C[N+](C)=N1. The first kappa shape index (κ1) is 12.7. The average molecular weight is 211 g/mol. The molecule has 2 atom stereocenters. The van der Waals surface area contributed by atoms with Crippen LogP contribution in [0.3, 0.4) is 0 Å². The molecule has 1 heterocycles. The molecular weight excluding hydrogens is 184 g/mol. The van der Waals surface area contributed by atoms with Gasteiger partial charge in [0, 0.05) is 5.92 Å². The van der Waals surface area contributed by atoms with Gasteiger partial charge in [0.05, 0.1) is 0 Å². The summed E-state index contributed by atoms with van der Waals surface area (Å²) in [4.78, 5) is 0. The molecule has 0 bridgehead atoms. The maximum absolute atomic E-state index is 4.80. The van der Waals surface area contributed by atoms with E-state index in [0.717, 1.165) is 12.5 Å². The van der Waals surface area contributed by atoms with Crippen LogP contribution in [0.5, 0.6) is 0 Å². The van der Waals surface area contributed by atoms with E-state index in [1.807, 2.05) is 0 Å². The van der Waals surface area contributed by atoms with Crippen molar-refractivity contribution in [2.75, 3.05) is 13.6 Å². The summed E-state index contributed by atoms with van der Waals surface area (Å²) >= 11 is 0. The van der Waals surface area contributed by atoms with Gasteiger partial charge in [0.2, 0.25) is 0 Å². The fourth-order valence-corrected chi connectivity index (χ4v) is 2.68. The molecule has 2 nitrogen and oxygen atoms in total. The van der Waals surface area contributed by atoms with Gasteiger partial charge in [-0.1, -0.05) is 34.1 Å². The van der Waals surface area contributed by atoms with Crippen LogP contribution in [0, 0.1) is 11.3 Å². The van der Waals surface area contributed by atoms with Gasteiger partial charge < -0.3 is 0 Å². The summed E-state index contributed by atoms with van der Waals surface area (Å²) in [7, 11) is 2.12. The lowest BCUT2D eigenvalue weighted by molar-refractivity contribution is -0.591. The topological polar surface area (TPSA) is 15.4 Å². The third kappa shape index (κ3) is 3.29. The molecule has 0 N–H and O–H groups in total. The first-order valence-corrected chi connectivity index (χ1v) is 6.21. The van der Waals surface area contributed by atoms with Crippen molar-refractivity contribution >= 4 is 0 Å². The zero-order valence-corrected chi connectivity index (χ0v) is 11.3. The van der Waals surface area contributed by atoms with E-state index in [2.05, 4.69) is 46.4 Å². The highest BCUT2D eigenvalue weighted by Crippen LogP contribution is 2.38. The van der Waals surface area contributed by atoms with Crippen molar-refractivity contribution in [2.24, 2.45) is 16.4 Å². The zero-order valence-electron chi connectivity index (χ0n) is 11.3. The van der Waals surface area contributed by atoms with Gasteiger partial charge in [-0.15, -0.1) is 4.70 Å². The molecule has 0 spiro atoms. The highest BCUT2D eigenvalue weighted by molar-refractivity contribution is 4.88. The monoisotopic (exact) mass is 211 g/mol. The quantitative estimate of drug-likeness (QED) is 0.619. The molecule has 0 saturated carbocycles. The molecule has 0 fully saturated rings. The summed E-state index contributed by atoms with van der Waals surface area (Å²) < 4.78 is 2.16. The van der Waals surface area contributed by atoms with Crippen molar-refractivity contribution in [2.45, 2.75) is 59.4 Å². The molecule has 0 saturated heterocycles. The molecule has 2 unspecified atom stereocenters. The first-order valence-electron chi connectivity index (χ1n) is 6.21. The van der Waals surface area contributed by atoms with Crippen molar-refractivity contribution in [1.82, 2.24) is 0 Å². The highest BCUT2D eigenvalue weighted by Gasteiger charge is 2.41. The van der Waals surface area contributed by atoms with E-state index in [1.165, 1.54) is 19.3 Å². The molecule has 0 amide bonds. The summed E-state index contributed by atoms with van der Waals surface area (Å²) in [5, 5.41) is 4.80. The predicted molar refractivity (Wildman–Crippen MR) is 64.4 cm³/mol. The number of hydrogen-bond acceptors (Lipinski definition) is 1. The van der Waals surface area contributed by atoms with Gasteiger partial charge >= 0.3 is 0 Å². The van der Waals surface area contributed by atoms with Crippen molar-refractivity contribution in [1.29, 1.82) is 0 Å². The van der Waals surface area contributed by atoms with Crippen LogP contribution >= 0.6 is 0 Å². The Morgan fingerprint density at radius 2 is 2.00 bits per heavy atom. The van der Waals surface area contributed by atoms with Crippen LogP contribution in [0.25, 0.3) is 0 Å². The van der Waals surface area contributed by atoms with E-state index >= 15 is 0 Å². The van der Waals surface area contributed by atoms with Gasteiger partial charge in [-0.05, 0) is 30.3 Å². The molecule has 15 heavy (non-hydrogen) atoms. The molecule has 0 aromatic carbocycles. The molecule has 1 rings (SSSR count). The lowest BCUT2D eigenvalue weighted by atomic mass is 9.72. The number of rotatable bonds is 2. The van der Waals surface area contributed by atoms with Crippen molar-refractivity contribution in [3.8, 4) is 0 Å². The van der Waals surface area contributed by atoms with Crippen LogP contribution in [0.15, 0.2) is 5.11 Å². The minimum atomic E-state index is 0.180. The molecule has 2 heteroatoms. The van der Waals surface area contributed by atoms with Gasteiger partial charge in [-0.25, -0.2) is 0 Å². The Balaban J connectivity index is 2.83. The second kappa shape index (κ2) is 4.23. The van der Waals surface area contributed by atoms with Crippen LogP contribution in [0.2, 0.25) is 0 Å². The second-order valence-electron chi connectivity index (χ2n) is 6.45. The molecule has 0 aromatic rings. The largest absolute Gasteiger partial charge is 0.171 e. The van der Waals surface area contributed by atoms with Crippen molar-refractivity contribution < 1.29 is 4.70 Å². The highest BCUT2D eigenvalue weighted by atomic mass is 15.3. The first-order chi connectivity index (χ1) is 6.77. The van der Waals surface area contributed by atoms with E-state index in [9.17, 15) is 0 Å². The van der Waals surface area contributed by atoms with Crippen molar-refractivity contribution in [3.63, 3.8) is 0 Å². The molecule has 0 aliphatic carbocycles. The molecule has 0 aromatic heterocycles. The Kier molecular flexibility index (Phi) is 3.57. The number of hydrogen-bond donors (Lipinski definition) is 0. The standard InChI is InChI=1S/C13H27N2/c1-7-8-13(5)9-11(12(2,3)4)10-15(6)14-13/h11H,7-10H2,1-6H3/q+1. The van der Waals surface area contributed by atoms with Gasteiger partial charge in [0.25, 0.3) is 0 Å². The van der Waals surface area contributed by atoms with Gasteiger partial charge in [-0.3, -0.25) is 0 Å². The van der Waals surface area contributed by atoms with E-state index in [-0.39, 0.29) is 5.54 Å². The van der Waals surface area contributed by atoms with E-state index in [1.54, 1.807) is 0 Å². The molecule has 1 aliphatic heterocycles. The minimum Gasteiger partial charge on any atom is -0.129 e. The number of nitrogens with zero attached hydrogens (tertiary/aromatic N) is 2. The fourth-order valence-electron chi connectivity index (χ4n) is 2.68. The Labute approximate surface area is 94.8 Å². The van der Waals surface area contributed by atoms with Gasteiger partial charge in [0.15, 0.2) is 13.6 Å². The molecule has 88 valence electrons. The summed E-state index contributed by atoms with van der Waals surface area (Å²) in [6.45, 7) is 12.7. The Hall–Kier alpha value is -0.400. The van der Waals surface area contributed by atoms with Crippen LogP contribution in [0.1, 0.15) is 53.9 Å². The third-order valence-electron chi connectivity index (χ3n) is 3.60. The Morgan fingerprint density at radius 1 is 1.40 bits per heavy atom. The van der Waals surface area contributed by atoms with Crippen molar-refractivity contribution in [3.05, 3.63) is 0 Å². The average Bonchev–Trinajstić information content (AvgIpc) is 2.00. The van der Waals surface area contributed by atoms with Crippen LogP contribution in [0.4, 0.5) is 0 Å². The minimum absolute atomic E-state index is 0.180. The van der Waals surface area contributed by atoms with Crippen LogP contribution in [-0.4, -0.2) is 23.8 Å². The third-order valence-corrected chi connectivity index (χ3v) is 3.60. The van der Waals surface area contributed by atoms with Crippen LogP contribution < -0.4 is 0 Å². The molecule has 0 radical (unpaired) electrons. The zero-order chi connectivity index (χ0) is 11.7. The van der Waals surface area contributed by atoms with E-state index in [4.69, 9.17) is 5.11 Å². The molecular formula is C13H27N2+. The maximum atomic E-state index is 4.80. The summed E-state index contributed by atoms with van der Waals surface area (Å²) in [6, 6.07) is 0. The lowest BCUT2D eigenvalue weighted by Gasteiger charge is -2.36. The van der Waals surface area contributed by atoms with E-state index in [0.29, 0.717) is 5.41 Å². The predicted octanol–water partition coefficient (Wildman–Crippen LogP) is 3.71. The summed E-state index contributed by atoms with van der Waals surface area (Å²) in [5.74, 6) is 0.761. The second-order valence-corrected chi connectivity index (χ2v) is 6.45.